The molecule has 0 aliphatic carbocycles. The number of nitrogens with one attached hydrogen (secondary N) is 1. The van der Waals surface area contributed by atoms with Gasteiger partial charge in [0.15, 0.2) is 0 Å². The lowest BCUT2D eigenvalue weighted by atomic mass is 10.2. The zero-order valence-electron chi connectivity index (χ0n) is 10.9. The summed E-state index contributed by atoms with van der Waals surface area (Å²) in [5.74, 6) is -1.28. The van der Waals surface area contributed by atoms with Gasteiger partial charge >= 0.3 is 11.7 Å². The normalized spacial score (nSPS) is 9.95. The smallest absolute Gasteiger partial charge is 0.350 e. The van der Waals surface area contributed by atoms with E-state index >= 15 is 0 Å². The minimum Gasteiger partial charge on any atom is -0.465 e. The summed E-state index contributed by atoms with van der Waals surface area (Å²) in [7, 11) is 1.16. The molecular formula is C13H10N2O5S. The van der Waals surface area contributed by atoms with Gasteiger partial charge in [-0.3, -0.25) is 14.9 Å². The summed E-state index contributed by atoms with van der Waals surface area (Å²) in [6.45, 7) is 0. The van der Waals surface area contributed by atoms with E-state index in [1.54, 1.807) is 30.3 Å². The van der Waals surface area contributed by atoms with Crippen molar-refractivity contribution in [2.75, 3.05) is 12.4 Å². The molecule has 7 nitrogen and oxygen atoms in total. The van der Waals surface area contributed by atoms with Crippen molar-refractivity contribution >= 4 is 34.6 Å². The first-order chi connectivity index (χ1) is 10.0. The van der Waals surface area contributed by atoms with Gasteiger partial charge in [0.05, 0.1) is 17.4 Å². The van der Waals surface area contributed by atoms with E-state index in [2.05, 4.69) is 10.1 Å². The highest BCUT2D eigenvalue weighted by Gasteiger charge is 2.27. The molecule has 1 amide bonds. The summed E-state index contributed by atoms with van der Waals surface area (Å²) in [4.78, 5) is 34.0. The van der Waals surface area contributed by atoms with Crippen molar-refractivity contribution < 1.29 is 19.2 Å². The molecule has 0 saturated heterocycles. The van der Waals surface area contributed by atoms with Crippen molar-refractivity contribution in [2.24, 2.45) is 0 Å². The topological polar surface area (TPSA) is 98.5 Å². The Morgan fingerprint density at radius 2 is 1.95 bits per heavy atom. The number of ether oxygens (including phenoxy) is 1. The fourth-order valence-electron chi connectivity index (χ4n) is 1.62. The molecule has 21 heavy (non-hydrogen) atoms. The third-order valence-corrected chi connectivity index (χ3v) is 3.56. The molecule has 2 rings (SSSR count). The Balaban J connectivity index is 2.38. The van der Waals surface area contributed by atoms with Gasteiger partial charge in [-0.2, -0.15) is 0 Å². The summed E-state index contributed by atoms with van der Waals surface area (Å²) in [6, 6.07) is 8.19. The van der Waals surface area contributed by atoms with E-state index in [0.29, 0.717) is 5.56 Å². The lowest BCUT2D eigenvalue weighted by Gasteiger charge is -2.05. The molecule has 1 N–H and O–H groups in total. The molecule has 0 unspecified atom stereocenters. The number of hydrogen-bond acceptors (Lipinski definition) is 6. The van der Waals surface area contributed by atoms with Crippen LogP contribution in [0.4, 0.5) is 11.4 Å². The van der Waals surface area contributed by atoms with Crippen molar-refractivity contribution in [1.82, 2.24) is 0 Å². The number of rotatable bonds is 4. The highest BCUT2D eigenvalue weighted by atomic mass is 32.1. The molecule has 8 heteroatoms. The molecule has 0 aliphatic heterocycles. The van der Waals surface area contributed by atoms with Crippen LogP contribution >= 0.6 is 11.3 Å². The zero-order valence-corrected chi connectivity index (χ0v) is 11.7. The van der Waals surface area contributed by atoms with Gasteiger partial charge in [-0.25, -0.2) is 4.79 Å². The number of benzene rings is 1. The molecule has 108 valence electrons. The third-order valence-electron chi connectivity index (χ3n) is 2.61. The van der Waals surface area contributed by atoms with Crippen LogP contribution in [0.1, 0.15) is 20.0 Å². The Hall–Kier alpha value is -2.74. The van der Waals surface area contributed by atoms with Crippen molar-refractivity contribution in [3.8, 4) is 0 Å². The average molecular weight is 306 g/mol. The van der Waals surface area contributed by atoms with Gasteiger partial charge in [-0.15, -0.1) is 11.3 Å². The zero-order chi connectivity index (χ0) is 15.4. The van der Waals surface area contributed by atoms with Crippen LogP contribution in [-0.2, 0) is 4.74 Å². The van der Waals surface area contributed by atoms with Crippen molar-refractivity contribution in [3.05, 3.63) is 56.3 Å². The number of esters is 1. The Morgan fingerprint density at radius 1 is 1.29 bits per heavy atom. The predicted molar refractivity (Wildman–Crippen MR) is 76.7 cm³/mol. The van der Waals surface area contributed by atoms with Crippen LogP contribution < -0.4 is 5.32 Å². The number of amides is 1. The fourth-order valence-corrected chi connectivity index (χ4v) is 2.51. The maximum absolute atomic E-state index is 12.1. The van der Waals surface area contributed by atoms with Gasteiger partial charge in [0, 0.05) is 5.56 Å². The predicted octanol–water partition coefficient (Wildman–Crippen LogP) is 2.70. The molecule has 0 atom stereocenters. The lowest BCUT2D eigenvalue weighted by Crippen LogP contribution is -2.14. The van der Waals surface area contributed by atoms with Crippen LogP contribution in [0.15, 0.2) is 35.7 Å². The monoisotopic (exact) mass is 306 g/mol. The molecule has 0 saturated carbocycles. The second kappa shape index (κ2) is 6.14. The van der Waals surface area contributed by atoms with Gasteiger partial charge < -0.3 is 10.1 Å². The highest BCUT2D eigenvalue weighted by molar-refractivity contribution is 7.13. The molecule has 0 radical (unpaired) electrons. The first-order valence-corrected chi connectivity index (χ1v) is 6.63. The Kier molecular flexibility index (Phi) is 4.29. The largest absolute Gasteiger partial charge is 0.465 e. The molecule has 0 spiro atoms. The molecule has 0 aliphatic rings. The number of thiophene rings is 1. The van der Waals surface area contributed by atoms with Crippen molar-refractivity contribution in [1.29, 1.82) is 0 Å². The summed E-state index contributed by atoms with van der Waals surface area (Å²) >= 11 is 0.843. The maximum atomic E-state index is 12.1. The first kappa shape index (κ1) is 14.7. The van der Waals surface area contributed by atoms with Gasteiger partial charge in [0.1, 0.15) is 10.6 Å². The third kappa shape index (κ3) is 3.06. The number of nitro groups is 1. The fraction of sp³-hybridized carbons (Fsp3) is 0.0769. The van der Waals surface area contributed by atoms with Crippen LogP contribution in [0.5, 0.6) is 0 Å². The van der Waals surface area contributed by atoms with Gasteiger partial charge in [0.25, 0.3) is 5.91 Å². The molecular weight excluding hydrogens is 296 g/mol. The van der Waals surface area contributed by atoms with E-state index in [0.717, 1.165) is 18.4 Å². The maximum Gasteiger partial charge on any atom is 0.350 e. The van der Waals surface area contributed by atoms with E-state index in [4.69, 9.17) is 0 Å². The second-order valence-electron chi connectivity index (χ2n) is 3.89. The quantitative estimate of drug-likeness (QED) is 0.532. The average Bonchev–Trinajstić information content (AvgIpc) is 2.91. The second-order valence-corrected chi connectivity index (χ2v) is 4.77. The van der Waals surface area contributed by atoms with Crippen LogP contribution in [0, 0.1) is 10.1 Å². The van der Waals surface area contributed by atoms with Crippen molar-refractivity contribution in [3.63, 3.8) is 0 Å². The minimum absolute atomic E-state index is 0.0199. The van der Waals surface area contributed by atoms with Crippen LogP contribution in [-0.4, -0.2) is 23.9 Å². The standard InChI is InChI=1S/C13H10N2O5S/c1-20-13(17)11-10(9(7-21-11)15(18)19)14-12(16)8-5-3-2-4-6-8/h2-7H,1H3,(H,14,16). The van der Waals surface area contributed by atoms with Gasteiger partial charge in [-0.05, 0) is 12.1 Å². The Bertz CT molecular complexity index is 696. The number of methoxy groups -OCH3 is 1. The molecule has 1 aromatic carbocycles. The molecule has 0 bridgehead atoms. The highest BCUT2D eigenvalue weighted by Crippen LogP contribution is 2.35. The number of hydrogen-bond donors (Lipinski definition) is 1. The summed E-state index contributed by atoms with van der Waals surface area (Å²) < 4.78 is 4.55. The van der Waals surface area contributed by atoms with E-state index in [1.807, 2.05) is 0 Å². The molecule has 1 heterocycles. The van der Waals surface area contributed by atoms with E-state index in [-0.39, 0.29) is 16.3 Å². The SMILES string of the molecule is COC(=O)c1scc([N+](=O)[O-])c1NC(=O)c1ccccc1. The summed E-state index contributed by atoms with van der Waals surface area (Å²) in [5.41, 5.74) is -0.163. The van der Waals surface area contributed by atoms with Crippen LogP contribution in [0.25, 0.3) is 0 Å². The summed E-state index contributed by atoms with van der Waals surface area (Å²) in [6.07, 6.45) is 0. The Morgan fingerprint density at radius 3 is 2.52 bits per heavy atom. The Labute approximate surface area is 123 Å². The molecule has 0 fully saturated rings. The molecule has 2 aromatic rings. The number of carbonyl (C=O) groups excluding carboxylic acids is 2. The number of carbonyl (C=O) groups is 2. The minimum atomic E-state index is -0.739. The van der Waals surface area contributed by atoms with Gasteiger partial charge in [-0.1, -0.05) is 18.2 Å². The van der Waals surface area contributed by atoms with Gasteiger partial charge in [0.2, 0.25) is 0 Å². The van der Waals surface area contributed by atoms with E-state index in [1.165, 1.54) is 5.38 Å². The first-order valence-electron chi connectivity index (χ1n) is 5.75. The van der Waals surface area contributed by atoms with Crippen LogP contribution in [0.3, 0.4) is 0 Å². The molecule has 1 aromatic heterocycles. The number of anilines is 1. The van der Waals surface area contributed by atoms with Crippen molar-refractivity contribution in [2.45, 2.75) is 0 Å². The van der Waals surface area contributed by atoms with Crippen LogP contribution in [0.2, 0.25) is 0 Å². The van der Waals surface area contributed by atoms with E-state index < -0.39 is 16.8 Å². The summed E-state index contributed by atoms with van der Waals surface area (Å²) in [5, 5.41) is 14.6. The lowest BCUT2D eigenvalue weighted by molar-refractivity contribution is -0.383. The van der Waals surface area contributed by atoms with E-state index in [9.17, 15) is 19.7 Å². The number of nitrogens with zero attached hydrogens (tertiary/aromatic N) is 1.